The molecule has 8 nitrogen and oxygen atoms in total. The lowest BCUT2D eigenvalue weighted by atomic mass is 9.76. The third kappa shape index (κ3) is 4.96. The summed E-state index contributed by atoms with van der Waals surface area (Å²) in [5, 5.41) is 13.3. The van der Waals surface area contributed by atoms with Crippen LogP contribution < -0.4 is 11.0 Å². The molecule has 2 aliphatic rings. The molecule has 38 heavy (non-hydrogen) atoms. The number of likely N-dealkylation sites (tertiary alicyclic amines) is 1. The van der Waals surface area contributed by atoms with E-state index in [4.69, 9.17) is 0 Å². The minimum Gasteiger partial charge on any atom is -0.508 e. The standard InChI is InChI=1S/C30H33N5O3/c36-23-8-9-24-21(17-23)7-10-26(25(24)16-20-4-3-13-31-18-20)32-29(37)19-34-14-11-22(12-15-34)35-28-6-2-1-5-27(28)33-30(35)38/h1-6,8-9,13,17-18,22,25-26,36H,7,10-12,14-16,19H2,(H,32,37)(H,33,38)/t25-,26?/m1/s1. The van der Waals surface area contributed by atoms with Crippen LogP contribution in [0.25, 0.3) is 11.0 Å². The summed E-state index contributed by atoms with van der Waals surface area (Å²) in [6.45, 7) is 1.90. The van der Waals surface area contributed by atoms with E-state index in [0.717, 1.165) is 67.4 Å². The zero-order valence-electron chi connectivity index (χ0n) is 21.3. The van der Waals surface area contributed by atoms with Gasteiger partial charge in [-0.3, -0.25) is 19.2 Å². The van der Waals surface area contributed by atoms with Crippen molar-refractivity contribution in [1.29, 1.82) is 0 Å². The molecular weight excluding hydrogens is 478 g/mol. The first-order valence-corrected chi connectivity index (χ1v) is 13.5. The topological polar surface area (TPSA) is 103 Å². The van der Waals surface area contributed by atoms with Gasteiger partial charge in [-0.05, 0) is 79.1 Å². The fraction of sp³-hybridized carbons (Fsp3) is 0.367. The molecule has 3 N–H and O–H groups in total. The quantitative estimate of drug-likeness (QED) is 0.368. The summed E-state index contributed by atoms with van der Waals surface area (Å²) in [7, 11) is 0. The molecule has 1 aliphatic heterocycles. The van der Waals surface area contributed by atoms with E-state index < -0.39 is 0 Å². The summed E-state index contributed by atoms with van der Waals surface area (Å²) in [4.78, 5) is 35.2. The van der Waals surface area contributed by atoms with Gasteiger partial charge in [0, 0.05) is 43.5 Å². The number of para-hydroxylation sites is 2. The van der Waals surface area contributed by atoms with Crippen LogP contribution in [-0.2, 0) is 17.6 Å². The van der Waals surface area contributed by atoms with Crippen molar-refractivity contribution in [2.24, 2.45) is 0 Å². The third-order valence-corrected chi connectivity index (χ3v) is 8.17. The van der Waals surface area contributed by atoms with Gasteiger partial charge in [0.05, 0.1) is 17.6 Å². The Kier molecular flexibility index (Phi) is 6.72. The molecule has 1 saturated heterocycles. The van der Waals surface area contributed by atoms with Crippen molar-refractivity contribution in [3.05, 3.63) is 94.2 Å². The molecule has 0 saturated carbocycles. The number of imidazole rings is 1. The number of carbonyl (C=O) groups is 1. The lowest BCUT2D eigenvalue weighted by Crippen LogP contribution is -2.48. The van der Waals surface area contributed by atoms with Crippen molar-refractivity contribution in [3.8, 4) is 5.75 Å². The Labute approximate surface area is 221 Å². The van der Waals surface area contributed by atoms with E-state index in [2.05, 4.69) is 26.3 Å². The number of aromatic hydroxyl groups is 1. The van der Waals surface area contributed by atoms with Crippen molar-refractivity contribution in [2.75, 3.05) is 19.6 Å². The molecule has 2 aromatic carbocycles. The van der Waals surface area contributed by atoms with Gasteiger partial charge in [0.15, 0.2) is 0 Å². The van der Waals surface area contributed by atoms with Crippen molar-refractivity contribution >= 4 is 16.9 Å². The average Bonchev–Trinajstić information content (AvgIpc) is 3.26. The number of fused-ring (bicyclic) bond motifs is 2. The lowest BCUT2D eigenvalue weighted by Gasteiger charge is -2.36. The Hall–Kier alpha value is -3.91. The summed E-state index contributed by atoms with van der Waals surface area (Å²) < 4.78 is 1.88. The minimum atomic E-state index is -0.0621. The largest absolute Gasteiger partial charge is 0.508 e. The maximum atomic E-state index is 13.2. The molecule has 1 aliphatic carbocycles. The number of aromatic nitrogens is 3. The number of carbonyl (C=O) groups excluding carboxylic acids is 1. The van der Waals surface area contributed by atoms with Gasteiger partial charge in [-0.25, -0.2) is 4.79 Å². The molecule has 6 rings (SSSR count). The van der Waals surface area contributed by atoms with Crippen LogP contribution in [0.4, 0.5) is 0 Å². The number of nitrogens with zero attached hydrogens (tertiary/aromatic N) is 3. The summed E-state index contributed by atoms with van der Waals surface area (Å²) >= 11 is 0. The number of phenols is 1. The Morgan fingerprint density at radius 3 is 2.74 bits per heavy atom. The molecule has 0 bridgehead atoms. The zero-order valence-corrected chi connectivity index (χ0v) is 21.3. The van der Waals surface area contributed by atoms with Crippen LogP contribution >= 0.6 is 0 Å². The highest BCUT2D eigenvalue weighted by Crippen LogP contribution is 2.36. The molecule has 196 valence electrons. The molecular formula is C30H33N5O3. The molecule has 8 heteroatoms. The third-order valence-electron chi connectivity index (χ3n) is 8.17. The van der Waals surface area contributed by atoms with Gasteiger partial charge >= 0.3 is 5.69 Å². The SMILES string of the molecule is O=C(CN1CCC(n2c(=O)[nH]c3ccccc32)CC1)NC1CCc2cc(O)ccc2[C@H]1Cc1cccnc1. The number of nitrogens with one attached hydrogen (secondary N) is 2. The first-order valence-electron chi connectivity index (χ1n) is 13.5. The average molecular weight is 512 g/mol. The number of aryl methyl sites for hydroxylation is 1. The predicted octanol–water partition coefficient (Wildman–Crippen LogP) is 3.52. The highest BCUT2D eigenvalue weighted by atomic mass is 16.3. The van der Waals surface area contributed by atoms with Gasteiger partial charge in [-0.2, -0.15) is 0 Å². The Balaban J connectivity index is 1.11. The van der Waals surface area contributed by atoms with Crippen LogP contribution in [0.15, 0.2) is 71.8 Å². The van der Waals surface area contributed by atoms with Crippen LogP contribution in [0.3, 0.4) is 0 Å². The number of benzene rings is 2. The van der Waals surface area contributed by atoms with Crippen molar-refractivity contribution in [3.63, 3.8) is 0 Å². The number of piperidine rings is 1. The maximum Gasteiger partial charge on any atom is 0.326 e. The molecule has 3 heterocycles. The molecule has 2 atom stereocenters. The number of hydrogen-bond acceptors (Lipinski definition) is 5. The van der Waals surface area contributed by atoms with Crippen molar-refractivity contribution in [1.82, 2.24) is 24.8 Å². The van der Waals surface area contributed by atoms with Crippen LogP contribution in [0, 0.1) is 0 Å². The maximum absolute atomic E-state index is 13.2. The Bertz CT molecular complexity index is 1490. The molecule has 1 fully saturated rings. The van der Waals surface area contributed by atoms with Gasteiger partial charge in [0.1, 0.15) is 5.75 Å². The van der Waals surface area contributed by atoms with E-state index in [1.54, 1.807) is 12.3 Å². The smallest absolute Gasteiger partial charge is 0.326 e. The first-order chi connectivity index (χ1) is 18.5. The molecule has 1 unspecified atom stereocenters. The Morgan fingerprint density at radius 2 is 1.92 bits per heavy atom. The highest BCUT2D eigenvalue weighted by molar-refractivity contribution is 5.78. The highest BCUT2D eigenvalue weighted by Gasteiger charge is 2.32. The van der Waals surface area contributed by atoms with Crippen LogP contribution in [0.1, 0.15) is 47.9 Å². The summed E-state index contributed by atoms with van der Waals surface area (Å²) in [6, 6.07) is 17.6. The monoisotopic (exact) mass is 511 g/mol. The van der Waals surface area contributed by atoms with E-state index in [9.17, 15) is 14.7 Å². The van der Waals surface area contributed by atoms with E-state index in [1.165, 1.54) is 5.56 Å². The van der Waals surface area contributed by atoms with Crippen molar-refractivity contribution in [2.45, 2.75) is 50.1 Å². The van der Waals surface area contributed by atoms with Gasteiger partial charge in [0.2, 0.25) is 5.91 Å². The van der Waals surface area contributed by atoms with Crippen molar-refractivity contribution < 1.29 is 9.90 Å². The number of aromatic amines is 1. The Morgan fingerprint density at radius 1 is 1.08 bits per heavy atom. The van der Waals surface area contributed by atoms with Crippen LogP contribution in [-0.4, -0.2) is 56.1 Å². The number of rotatable bonds is 6. The number of hydrogen-bond donors (Lipinski definition) is 3. The summed E-state index contributed by atoms with van der Waals surface area (Å²) in [5.74, 6) is 0.438. The van der Waals surface area contributed by atoms with Crippen LogP contribution in [0.5, 0.6) is 5.75 Å². The second kappa shape index (κ2) is 10.5. The summed E-state index contributed by atoms with van der Waals surface area (Å²) in [5.41, 5.74) is 5.22. The molecule has 0 spiro atoms. The fourth-order valence-electron chi connectivity index (χ4n) is 6.33. The number of pyridine rings is 1. The summed E-state index contributed by atoms with van der Waals surface area (Å²) in [6.07, 6.45) is 7.76. The van der Waals surface area contributed by atoms with Gasteiger partial charge in [-0.15, -0.1) is 0 Å². The number of H-pyrrole nitrogens is 1. The lowest BCUT2D eigenvalue weighted by molar-refractivity contribution is -0.123. The number of amides is 1. The van der Waals surface area contributed by atoms with Gasteiger partial charge in [0.25, 0.3) is 0 Å². The van der Waals surface area contributed by atoms with E-state index in [-0.39, 0.29) is 35.3 Å². The van der Waals surface area contributed by atoms with Crippen LogP contribution in [0.2, 0.25) is 0 Å². The first kappa shape index (κ1) is 24.4. The molecule has 2 aromatic heterocycles. The fourth-order valence-corrected chi connectivity index (χ4v) is 6.33. The molecule has 4 aromatic rings. The molecule has 0 radical (unpaired) electrons. The molecule has 1 amide bonds. The van der Waals surface area contributed by atoms with E-state index in [1.807, 2.05) is 53.2 Å². The van der Waals surface area contributed by atoms with Gasteiger partial charge in [-0.1, -0.05) is 24.3 Å². The predicted molar refractivity (Wildman–Crippen MR) is 146 cm³/mol. The van der Waals surface area contributed by atoms with E-state index >= 15 is 0 Å². The van der Waals surface area contributed by atoms with Gasteiger partial charge < -0.3 is 15.4 Å². The second-order valence-corrected chi connectivity index (χ2v) is 10.6. The number of phenolic OH excluding ortho intramolecular Hbond substituents is 1. The minimum absolute atomic E-state index is 0.0158. The second-order valence-electron chi connectivity index (χ2n) is 10.6. The zero-order chi connectivity index (χ0) is 26.1. The normalized spacial score (nSPS) is 20.3. The van der Waals surface area contributed by atoms with E-state index in [0.29, 0.717) is 6.54 Å².